The Hall–Kier alpha value is -4.54. The van der Waals surface area contributed by atoms with E-state index in [0.29, 0.717) is 16.8 Å². The third kappa shape index (κ3) is 3.64. The molecule has 0 aliphatic heterocycles. The number of nitrogen functional groups attached to an aromatic ring is 1. The van der Waals surface area contributed by atoms with Crippen molar-refractivity contribution in [1.82, 2.24) is 30.7 Å². The number of anilines is 1. The van der Waals surface area contributed by atoms with Crippen LogP contribution < -0.4 is 11.2 Å². The summed E-state index contributed by atoms with van der Waals surface area (Å²) in [5.41, 5.74) is 9.89. The van der Waals surface area contributed by atoms with E-state index < -0.39 is 5.91 Å². The van der Waals surface area contributed by atoms with Gasteiger partial charge >= 0.3 is 0 Å². The number of nitrogens with zero attached hydrogens (tertiary/aromatic N) is 6. The fourth-order valence-electron chi connectivity index (χ4n) is 2.55. The molecule has 0 bridgehead atoms. The number of hydrazone groups is 1. The second-order valence-electron chi connectivity index (χ2n) is 5.83. The second kappa shape index (κ2) is 7.60. The van der Waals surface area contributed by atoms with Gasteiger partial charge in [0, 0.05) is 5.56 Å². The maximum atomic E-state index is 12.7. The summed E-state index contributed by atoms with van der Waals surface area (Å²) in [6.45, 7) is 0. The lowest BCUT2D eigenvalue weighted by Crippen LogP contribution is -2.19. The van der Waals surface area contributed by atoms with Crippen molar-refractivity contribution in [1.29, 1.82) is 0 Å². The number of carbonyl (C=O) groups excluding carboxylic acids is 1. The Kier molecular flexibility index (Phi) is 4.68. The molecule has 2 aromatic carbocycles. The van der Waals surface area contributed by atoms with Crippen molar-refractivity contribution < 1.29 is 14.5 Å². The molecule has 4 N–H and O–H groups in total. The number of nitrogens with two attached hydrogens (primary N) is 1. The molecule has 2 heterocycles. The standard InChI is InChI=1S/C18H14N8O3/c19-16-17(24-29-23-16)26-15(12-4-2-1-3-5-12)14(21-25-26)18(28)22-20-10-11-6-8-13(27)9-7-11/h1-10,27H,(H2,19,23)(H,22,28)/b20-10+. The third-order valence-electron chi connectivity index (χ3n) is 3.90. The lowest BCUT2D eigenvalue weighted by Gasteiger charge is -2.05. The van der Waals surface area contributed by atoms with E-state index in [4.69, 9.17) is 5.73 Å². The van der Waals surface area contributed by atoms with E-state index in [2.05, 4.69) is 35.8 Å². The Labute approximate surface area is 163 Å². The molecule has 2 aromatic heterocycles. The number of aromatic hydroxyl groups is 1. The Balaban J connectivity index is 1.66. The molecule has 1 amide bonds. The summed E-state index contributed by atoms with van der Waals surface area (Å²) in [6.07, 6.45) is 1.43. The van der Waals surface area contributed by atoms with Crippen LogP contribution in [-0.4, -0.2) is 42.5 Å². The van der Waals surface area contributed by atoms with Crippen molar-refractivity contribution in [2.24, 2.45) is 5.10 Å². The molecule has 0 atom stereocenters. The van der Waals surface area contributed by atoms with Crippen molar-refractivity contribution in [2.45, 2.75) is 0 Å². The van der Waals surface area contributed by atoms with Crippen molar-refractivity contribution in [3.63, 3.8) is 0 Å². The van der Waals surface area contributed by atoms with Crippen LogP contribution in [0.15, 0.2) is 64.3 Å². The van der Waals surface area contributed by atoms with Crippen molar-refractivity contribution >= 4 is 17.9 Å². The van der Waals surface area contributed by atoms with E-state index in [0.717, 1.165) is 0 Å². The Morgan fingerprint density at radius 1 is 1.14 bits per heavy atom. The quantitative estimate of drug-likeness (QED) is 0.340. The minimum absolute atomic E-state index is 0.00407. The lowest BCUT2D eigenvalue weighted by molar-refractivity contribution is 0.0950. The first-order valence-electron chi connectivity index (χ1n) is 8.35. The highest BCUT2D eigenvalue weighted by molar-refractivity contribution is 5.98. The van der Waals surface area contributed by atoms with Crippen LogP contribution in [-0.2, 0) is 0 Å². The molecule has 0 saturated carbocycles. The summed E-state index contributed by atoms with van der Waals surface area (Å²) in [5, 5.41) is 28.4. The van der Waals surface area contributed by atoms with Crippen LogP contribution in [0.2, 0.25) is 0 Å². The Morgan fingerprint density at radius 2 is 1.90 bits per heavy atom. The molecule has 0 aliphatic carbocycles. The van der Waals surface area contributed by atoms with Gasteiger partial charge in [0.25, 0.3) is 5.91 Å². The number of nitrogens with one attached hydrogen (secondary N) is 1. The van der Waals surface area contributed by atoms with Crippen LogP contribution in [0.1, 0.15) is 16.1 Å². The SMILES string of the molecule is Nc1nonc1-n1nnc(C(=O)N/N=C/c2ccc(O)cc2)c1-c1ccccc1. The average molecular weight is 390 g/mol. The summed E-state index contributed by atoms with van der Waals surface area (Å²) in [7, 11) is 0. The molecule has 0 aliphatic rings. The maximum Gasteiger partial charge on any atom is 0.294 e. The number of carbonyl (C=O) groups is 1. The molecule has 0 unspecified atom stereocenters. The number of benzene rings is 2. The van der Waals surface area contributed by atoms with Gasteiger partial charge in [0.1, 0.15) is 11.4 Å². The highest BCUT2D eigenvalue weighted by Crippen LogP contribution is 2.26. The van der Waals surface area contributed by atoms with Gasteiger partial charge in [-0.1, -0.05) is 35.5 Å². The number of aromatic nitrogens is 5. The van der Waals surface area contributed by atoms with Gasteiger partial charge in [-0.3, -0.25) is 4.79 Å². The zero-order chi connectivity index (χ0) is 20.2. The first-order valence-corrected chi connectivity index (χ1v) is 8.35. The average Bonchev–Trinajstić information content (AvgIpc) is 3.36. The highest BCUT2D eigenvalue weighted by atomic mass is 16.6. The van der Waals surface area contributed by atoms with E-state index in [-0.39, 0.29) is 23.1 Å². The van der Waals surface area contributed by atoms with Gasteiger partial charge in [-0.05, 0) is 40.1 Å². The number of amides is 1. The Bertz CT molecular complexity index is 1170. The van der Waals surface area contributed by atoms with Crippen LogP contribution in [0.5, 0.6) is 5.75 Å². The Morgan fingerprint density at radius 3 is 2.59 bits per heavy atom. The van der Waals surface area contributed by atoms with Gasteiger partial charge in [-0.25, -0.2) is 10.1 Å². The normalized spacial score (nSPS) is 11.0. The van der Waals surface area contributed by atoms with Crippen molar-refractivity contribution in [3.05, 3.63) is 65.9 Å². The number of hydrogen-bond acceptors (Lipinski definition) is 9. The fourth-order valence-corrected chi connectivity index (χ4v) is 2.55. The molecule has 0 spiro atoms. The second-order valence-corrected chi connectivity index (χ2v) is 5.83. The minimum atomic E-state index is -0.583. The van der Waals surface area contributed by atoms with Gasteiger partial charge in [0.05, 0.1) is 6.21 Å². The van der Waals surface area contributed by atoms with Gasteiger partial charge < -0.3 is 10.8 Å². The molecule has 0 saturated heterocycles. The summed E-state index contributed by atoms with van der Waals surface area (Å²) in [6, 6.07) is 15.4. The van der Waals surface area contributed by atoms with Crippen molar-refractivity contribution in [3.8, 4) is 22.8 Å². The van der Waals surface area contributed by atoms with Crippen LogP contribution >= 0.6 is 0 Å². The molecular formula is C18H14N8O3. The lowest BCUT2D eigenvalue weighted by atomic mass is 10.1. The minimum Gasteiger partial charge on any atom is -0.508 e. The van der Waals surface area contributed by atoms with Gasteiger partial charge in [0.2, 0.25) is 11.6 Å². The summed E-state index contributed by atoms with van der Waals surface area (Å²) >= 11 is 0. The van der Waals surface area contributed by atoms with E-state index in [1.165, 1.54) is 23.0 Å². The predicted octanol–water partition coefficient (Wildman–Crippen LogP) is 1.37. The number of phenolic OH excluding ortho intramolecular Hbond substituents is 1. The van der Waals surface area contributed by atoms with E-state index in [1.54, 1.807) is 24.3 Å². The highest BCUT2D eigenvalue weighted by Gasteiger charge is 2.24. The summed E-state index contributed by atoms with van der Waals surface area (Å²) in [4.78, 5) is 12.7. The zero-order valence-corrected chi connectivity index (χ0v) is 14.8. The van der Waals surface area contributed by atoms with E-state index in [9.17, 15) is 9.90 Å². The largest absolute Gasteiger partial charge is 0.508 e. The zero-order valence-electron chi connectivity index (χ0n) is 14.8. The first-order chi connectivity index (χ1) is 14.1. The number of hydrogen-bond donors (Lipinski definition) is 3. The van der Waals surface area contributed by atoms with Gasteiger partial charge in [0.15, 0.2) is 5.69 Å². The molecule has 29 heavy (non-hydrogen) atoms. The van der Waals surface area contributed by atoms with Crippen LogP contribution in [0, 0.1) is 0 Å². The molecule has 0 radical (unpaired) electrons. The maximum absolute atomic E-state index is 12.7. The fraction of sp³-hybridized carbons (Fsp3) is 0. The van der Waals surface area contributed by atoms with Crippen LogP contribution in [0.4, 0.5) is 5.82 Å². The molecule has 4 rings (SSSR count). The molecule has 4 aromatic rings. The smallest absolute Gasteiger partial charge is 0.294 e. The molecular weight excluding hydrogens is 376 g/mol. The number of rotatable bonds is 5. The molecule has 144 valence electrons. The number of phenols is 1. The third-order valence-corrected chi connectivity index (χ3v) is 3.90. The predicted molar refractivity (Wildman–Crippen MR) is 102 cm³/mol. The van der Waals surface area contributed by atoms with Gasteiger partial charge in [-0.2, -0.15) is 9.78 Å². The first kappa shape index (κ1) is 17.9. The summed E-state index contributed by atoms with van der Waals surface area (Å²) < 4.78 is 5.90. The molecule has 11 heteroatoms. The van der Waals surface area contributed by atoms with E-state index in [1.807, 2.05) is 18.2 Å². The molecule has 0 fully saturated rings. The molecule has 11 nitrogen and oxygen atoms in total. The van der Waals surface area contributed by atoms with Gasteiger partial charge in [-0.15, -0.1) is 5.10 Å². The van der Waals surface area contributed by atoms with E-state index >= 15 is 0 Å². The van der Waals surface area contributed by atoms with Crippen LogP contribution in [0.25, 0.3) is 17.1 Å². The monoisotopic (exact) mass is 390 g/mol. The topological polar surface area (TPSA) is 157 Å². The summed E-state index contributed by atoms with van der Waals surface area (Å²) in [5.74, 6) is -0.329. The van der Waals surface area contributed by atoms with Crippen molar-refractivity contribution in [2.75, 3.05) is 5.73 Å². The van der Waals surface area contributed by atoms with Crippen LogP contribution in [0.3, 0.4) is 0 Å².